The molecule has 0 saturated carbocycles. The number of hydrogen-bond acceptors (Lipinski definition) is 5. The lowest BCUT2D eigenvalue weighted by atomic mass is 10.5. The van der Waals surface area contributed by atoms with Crippen LogP contribution in [-0.4, -0.2) is 23.5 Å². The van der Waals surface area contributed by atoms with Gasteiger partial charge in [-0.25, -0.2) is 4.98 Å². The summed E-state index contributed by atoms with van der Waals surface area (Å²) in [5.41, 5.74) is 0.449. The van der Waals surface area contributed by atoms with Gasteiger partial charge in [0.1, 0.15) is 11.1 Å². The Bertz CT molecular complexity index is 357. The van der Waals surface area contributed by atoms with E-state index in [9.17, 15) is 0 Å². The number of nitriles is 2. The maximum atomic E-state index is 8.52. The second kappa shape index (κ2) is 4.56. The lowest BCUT2D eigenvalue weighted by molar-refractivity contribution is 0.366. The lowest BCUT2D eigenvalue weighted by Crippen LogP contribution is -2.17. The molecule has 0 aromatic carbocycles. The molecule has 0 fully saturated rings. The highest BCUT2D eigenvalue weighted by atomic mass is 32.1. The van der Waals surface area contributed by atoms with Crippen molar-refractivity contribution in [2.75, 3.05) is 13.6 Å². The molecule has 1 rings (SSSR count). The Kier molecular flexibility index (Phi) is 3.39. The molecule has 0 N–H and O–H groups in total. The van der Waals surface area contributed by atoms with Gasteiger partial charge in [-0.2, -0.15) is 10.5 Å². The molecule has 0 aliphatic rings. The Morgan fingerprint density at radius 2 is 2.38 bits per heavy atom. The third-order valence-electron chi connectivity index (χ3n) is 1.41. The van der Waals surface area contributed by atoms with Crippen LogP contribution in [0.3, 0.4) is 0 Å². The van der Waals surface area contributed by atoms with Crippen LogP contribution in [0.2, 0.25) is 0 Å². The molecule has 0 aliphatic carbocycles. The number of thiazole rings is 1. The smallest absolute Gasteiger partial charge is 0.151 e. The van der Waals surface area contributed by atoms with Crippen LogP contribution in [-0.2, 0) is 6.54 Å². The van der Waals surface area contributed by atoms with E-state index in [0.29, 0.717) is 18.8 Å². The summed E-state index contributed by atoms with van der Waals surface area (Å²) in [5, 5.41) is 19.5. The van der Waals surface area contributed by atoms with Crippen molar-refractivity contribution in [1.82, 2.24) is 9.88 Å². The van der Waals surface area contributed by atoms with Gasteiger partial charge in [-0.1, -0.05) is 0 Å². The zero-order chi connectivity index (χ0) is 9.68. The minimum Gasteiger partial charge on any atom is -0.287 e. The highest BCUT2D eigenvalue weighted by Crippen LogP contribution is 2.10. The summed E-state index contributed by atoms with van der Waals surface area (Å²) in [5.74, 6) is 0. The van der Waals surface area contributed by atoms with Gasteiger partial charge in [0.15, 0.2) is 5.69 Å². The monoisotopic (exact) mass is 192 g/mol. The Hall–Kier alpha value is -1.43. The first kappa shape index (κ1) is 9.66. The highest BCUT2D eigenvalue weighted by Gasteiger charge is 2.03. The molecule has 0 radical (unpaired) electrons. The van der Waals surface area contributed by atoms with Gasteiger partial charge in [-0.3, -0.25) is 4.90 Å². The Balaban J connectivity index is 2.56. The lowest BCUT2D eigenvalue weighted by Gasteiger charge is -2.08. The van der Waals surface area contributed by atoms with Gasteiger partial charge in [-0.05, 0) is 7.05 Å². The maximum absolute atomic E-state index is 8.52. The average Bonchev–Trinajstić information content (AvgIpc) is 2.52. The van der Waals surface area contributed by atoms with Crippen molar-refractivity contribution in [3.63, 3.8) is 0 Å². The molecule has 13 heavy (non-hydrogen) atoms. The summed E-state index contributed by atoms with van der Waals surface area (Å²) in [6, 6.07) is 4.01. The van der Waals surface area contributed by atoms with E-state index in [1.165, 1.54) is 11.3 Å². The van der Waals surface area contributed by atoms with Crippen molar-refractivity contribution in [2.45, 2.75) is 6.54 Å². The summed E-state index contributed by atoms with van der Waals surface area (Å²) in [7, 11) is 1.84. The first-order chi connectivity index (χ1) is 6.26. The summed E-state index contributed by atoms with van der Waals surface area (Å²) in [6.07, 6.45) is 0. The molecule has 1 heterocycles. The standard InChI is InChI=1S/C8H8N4S/c1-12(3-2-9)5-8-11-7(4-10)6-13-8/h6H,3,5H2,1H3. The van der Waals surface area contributed by atoms with Crippen molar-refractivity contribution >= 4 is 11.3 Å². The number of nitrogens with zero attached hydrogens (tertiary/aromatic N) is 4. The van der Waals surface area contributed by atoms with E-state index in [1.807, 2.05) is 24.1 Å². The molecule has 0 amide bonds. The van der Waals surface area contributed by atoms with Gasteiger partial charge in [0.2, 0.25) is 0 Å². The molecule has 0 atom stereocenters. The third kappa shape index (κ3) is 2.83. The summed E-state index contributed by atoms with van der Waals surface area (Å²) in [4.78, 5) is 5.90. The first-order valence-electron chi connectivity index (χ1n) is 3.66. The summed E-state index contributed by atoms with van der Waals surface area (Å²) >= 11 is 1.44. The normalized spacial score (nSPS) is 9.54. The fraction of sp³-hybridized carbons (Fsp3) is 0.375. The molecule has 66 valence electrons. The van der Waals surface area contributed by atoms with Crippen molar-refractivity contribution in [2.24, 2.45) is 0 Å². The molecule has 1 aromatic rings. The fourth-order valence-electron chi connectivity index (χ4n) is 0.842. The van der Waals surface area contributed by atoms with Gasteiger partial charge in [0, 0.05) is 5.38 Å². The number of aromatic nitrogens is 1. The predicted octanol–water partition coefficient (Wildman–Crippen LogP) is 0.970. The van der Waals surface area contributed by atoms with Crippen LogP contribution in [0.5, 0.6) is 0 Å². The number of rotatable bonds is 3. The molecule has 1 aromatic heterocycles. The van der Waals surface area contributed by atoms with E-state index in [1.54, 1.807) is 5.38 Å². The molecule has 0 saturated heterocycles. The fourth-order valence-corrected chi connectivity index (χ4v) is 1.64. The molecule has 0 spiro atoms. The van der Waals surface area contributed by atoms with Crippen molar-refractivity contribution < 1.29 is 0 Å². The molecule has 0 aliphatic heterocycles. The van der Waals surface area contributed by atoms with E-state index in [4.69, 9.17) is 10.5 Å². The summed E-state index contributed by atoms with van der Waals surface area (Å²) < 4.78 is 0. The van der Waals surface area contributed by atoms with Crippen molar-refractivity contribution in [3.8, 4) is 12.1 Å². The Morgan fingerprint density at radius 3 is 2.92 bits per heavy atom. The van der Waals surface area contributed by atoms with Gasteiger partial charge < -0.3 is 0 Å². The molecule has 0 unspecified atom stereocenters. The molecular weight excluding hydrogens is 184 g/mol. The maximum Gasteiger partial charge on any atom is 0.151 e. The van der Waals surface area contributed by atoms with Gasteiger partial charge in [0.05, 0.1) is 19.2 Å². The molecule has 5 heteroatoms. The third-order valence-corrected chi connectivity index (χ3v) is 2.25. The minimum absolute atomic E-state index is 0.376. The summed E-state index contributed by atoms with van der Waals surface area (Å²) in [6.45, 7) is 1.00. The molecule has 4 nitrogen and oxygen atoms in total. The number of hydrogen-bond donors (Lipinski definition) is 0. The SMILES string of the molecule is CN(CC#N)Cc1nc(C#N)cs1. The minimum atomic E-state index is 0.376. The Labute approximate surface area is 80.7 Å². The molecular formula is C8H8N4S. The highest BCUT2D eigenvalue weighted by molar-refractivity contribution is 7.09. The van der Waals surface area contributed by atoms with Gasteiger partial charge in [0.25, 0.3) is 0 Å². The van der Waals surface area contributed by atoms with E-state index in [2.05, 4.69) is 4.98 Å². The Morgan fingerprint density at radius 1 is 1.62 bits per heavy atom. The zero-order valence-electron chi connectivity index (χ0n) is 7.19. The van der Waals surface area contributed by atoms with Crippen LogP contribution in [0, 0.1) is 22.7 Å². The molecule has 0 bridgehead atoms. The van der Waals surface area contributed by atoms with Gasteiger partial charge >= 0.3 is 0 Å². The van der Waals surface area contributed by atoms with Crippen molar-refractivity contribution in [3.05, 3.63) is 16.1 Å². The van der Waals surface area contributed by atoms with Crippen LogP contribution in [0.25, 0.3) is 0 Å². The van der Waals surface area contributed by atoms with E-state index in [-0.39, 0.29) is 0 Å². The second-order valence-electron chi connectivity index (χ2n) is 2.57. The van der Waals surface area contributed by atoms with Crippen LogP contribution >= 0.6 is 11.3 Å². The van der Waals surface area contributed by atoms with Crippen LogP contribution in [0.4, 0.5) is 0 Å². The first-order valence-corrected chi connectivity index (χ1v) is 4.54. The van der Waals surface area contributed by atoms with E-state index in [0.717, 1.165) is 5.01 Å². The topological polar surface area (TPSA) is 63.7 Å². The largest absolute Gasteiger partial charge is 0.287 e. The van der Waals surface area contributed by atoms with Crippen LogP contribution < -0.4 is 0 Å². The zero-order valence-corrected chi connectivity index (χ0v) is 8.01. The van der Waals surface area contributed by atoms with Crippen LogP contribution in [0.15, 0.2) is 5.38 Å². The predicted molar refractivity (Wildman–Crippen MR) is 48.8 cm³/mol. The average molecular weight is 192 g/mol. The van der Waals surface area contributed by atoms with E-state index < -0.39 is 0 Å². The van der Waals surface area contributed by atoms with Gasteiger partial charge in [-0.15, -0.1) is 11.3 Å². The second-order valence-corrected chi connectivity index (χ2v) is 3.51. The van der Waals surface area contributed by atoms with Crippen LogP contribution in [0.1, 0.15) is 10.7 Å². The quantitative estimate of drug-likeness (QED) is 0.669. The van der Waals surface area contributed by atoms with Crippen molar-refractivity contribution in [1.29, 1.82) is 10.5 Å². The van der Waals surface area contributed by atoms with E-state index >= 15 is 0 Å².